The maximum Gasteiger partial charge on any atom is 0.0481 e. The Morgan fingerprint density at radius 2 is 2.00 bits per heavy atom. The molecule has 19 heavy (non-hydrogen) atoms. The van der Waals surface area contributed by atoms with E-state index in [0.717, 1.165) is 19.6 Å². The van der Waals surface area contributed by atoms with E-state index >= 15 is 0 Å². The number of aryl methyl sites for hydroxylation is 1. The summed E-state index contributed by atoms with van der Waals surface area (Å²) in [6.07, 6.45) is 4.96. The largest absolute Gasteiger partial charge is 0.350 e. The molecule has 0 saturated heterocycles. The molecule has 1 aromatic heterocycles. The smallest absolute Gasteiger partial charge is 0.0481 e. The third-order valence-electron chi connectivity index (χ3n) is 4.30. The van der Waals surface area contributed by atoms with Crippen LogP contribution in [0.2, 0.25) is 0 Å². The van der Waals surface area contributed by atoms with Crippen LogP contribution in [0.1, 0.15) is 18.4 Å². The molecule has 1 fully saturated rings. The first-order valence-corrected chi connectivity index (χ1v) is 7.12. The van der Waals surface area contributed by atoms with E-state index in [-0.39, 0.29) is 0 Å². The zero-order valence-corrected chi connectivity index (χ0v) is 11.9. The van der Waals surface area contributed by atoms with E-state index in [9.17, 15) is 0 Å². The number of fused-ring (bicyclic) bond motifs is 1. The fraction of sp³-hybridized carbons (Fsp3) is 0.500. The van der Waals surface area contributed by atoms with E-state index in [0.29, 0.717) is 5.41 Å². The monoisotopic (exact) mass is 257 g/mol. The van der Waals surface area contributed by atoms with E-state index in [1.807, 2.05) is 7.05 Å². The molecule has 1 aliphatic rings. The Hall–Kier alpha value is -1.32. The van der Waals surface area contributed by atoms with Crippen LogP contribution in [0.15, 0.2) is 30.5 Å². The summed E-state index contributed by atoms with van der Waals surface area (Å²) in [6, 6.07) is 8.62. The Kier molecular flexibility index (Phi) is 3.33. The first-order chi connectivity index (χ1) is 9.24. The molecule has 0 amide bonds. The summed E-state index contributed by atoms with van der Waals surface area (Å²) in [6.45, 7) is 3.22. The van der Waals surface area contributed by atoms with Crippen LogP contribution in [-0.4, -0.2) is 24.7 Å². The molecule has 0 atom stereocenters. The van der Waals surface area contributed by atoms with Gasteiger partial charge in [0, 0.05) is 43.8 Å². The molecule has 2 aromatic rings. The summed E-state index contributed by atoms with van der Waals surface area (Å²) in [5, 5.41) is 8.32. The Morgan fingerprint density at radius 1 is 1.21 bits per heavy atom. The van der Waals surface area contributed by atoms with Gasteiger partial charge in [-0.2, -0.15) is 0 Å². The first kappa shape index (κ1) is 12.7. The minimum atomic E-state index is 0.527. The summed E-state index contributed by atoms with van der Waals surface area (Å²) < 4.78 is 2.22. The van der Waals surface area contributed by atoms with Crippen LogP contribution in [-0.2, 0) is 13.6 Å². The van der Waals surface area contributed by atoms with Crippen molar-refractivity contribution >= 4 is 10.9 Å². The SMILES string of the molecule is CNCC1(CNCc2cn(C)c3ccccc23)CC1. The Bertz CT molecular complexity index is 566. The number of hydrogen-bond donors (Lipinski definition) is 2. The summed E-state index contributed by atoms with van der Waals surface area (Å²) in [5.41, 5.74) is 3.24. The minimum Gasteiger partial charge on any atom is -0.350 e. The second-order valence-corrected chi connectivity index (χ2v) is 5.92. The molecule has 1 aromatic carbocycles. The van der Waals surface area contributed by atoms with Crippen molar-refractivity contribution in [3.8, 4) is 0 Å². The van der Waals surface area contributed by atoms with E-state index in [2.05, 4.69) is 52.7 Å². The molecular formula is C16H23N3. The lowest BCUT2D eigenvalue weighted by molar-refractivity contribution is 0.439. The van der Waals surface area contributed by atoms with Crippen LogP contribution in [0, 0.1) is 5.41 Å². The number of rotatable bonds is 6. The van der Waals surface area contributed by atoms with E-state index < -0.39 is 0 Å². The molecule has 0 unspecified atom stereocenters. The van der Waals surface area contributed by atoms with Gasteiger partial charge in [0.15, 0.2) is 0 Å². The Balaban J connectivity index is 1.66. The molecule has 3 heteroatoms. The lowest BCUT2D eigenvalue weighted by atomic mass is 10.1. The molecule has 0 spiro atoms. The molecule has 1 saturated carbocycles. The fourth-order valence-corrected chi connectivity index (χ4v) is 3.00. The van der Waals surface area contributed by atoms with Gasteiger partial charge in [-0.05, 0) is 36.9 Å². The van der Waals surface area contributed by atoms with Gasteiger partial charge in [0.05, 0.1) is 0 Å². The highest BCUT2D eigenvalue weighted by Crippen LogP contribution is 2.44. The lowest BCUT2D eigenvalue weighted by Crippen LogP contribution is -2.30. The predicted octanol–water partition coefficient (Wildman–Crippen LogP) is 2.27. The van der Waals surface area contributed by atoms with Crippen LogP contribution in [0.25, 0.3) is 10.9 Å². The van der Waals surface area contributed by atoms with E-state index in [1.54, 1.807) is 0 Å². The highest BCUT2D eigenvalue weighted by atomic mass is 15.0. The van der Waals surface area contributed by atoms with Gasteiger partial charge >= 0.3 is 0 Å². The maximum absolute atomic E-state index is 3.64. The second-order valence-electron chi connectivity index (χ2n) is 5.92. The number of benzene rings is 1. The van der Waals surface area contributed by atoms with Crippen molar-refractivity contribution in [3.63, 3.8) is 0 Å². The van der Waals surface area contributed by atoms with Gasteiger partial charge < -0.3 is 15.2 Å². The van der Waals surface area contributed by atoms with Crippen LogP contribution in [0.4, 0.5) is 0 Å². The quantitative estimate of drug-likeness (QED) is 0.831. The average Bonchev–Trinajstić information content (AvgIpc) is 3.10. The van der Waals surface area contributed by atoms with Crippen LogP contribution < -0.4 is 10.6 Å². The number of nitrogens with zero attached hydrogens (tertiary/aromatic N) is 1. The zero-order valence-electron chi connectivity index (χ0n) is 11.9. The van der Waals surface area contributed by atoms with Gasteiger partial charge in [0.25, 0.3) is 0 Å². The van der Waals surface area contributed by atoms with Gasteiger partial charge in [-0.1, -0.05) is 18.2 Å². The summed E-state index contributed by atoms with van der Waals surface area (Å²) in [7, 11) is 4.17. The topological polar surface area (TPSA) is 29.0 Å². The van der Waals surface area contributed by atoms with E-state index in [1.165, 1.54) is 29.3 Å². The molecule has 0 aliphatic heterocycles. The zero-order chi connectivity index (χ0) is 13.3. The molecule has 0 radical (unpaired) electrons. The van der Waals surface area contributed by atoms with Crippen molar-refractivity contribution in [2.45, 2.75) is 19.4 Å². The first-order valence-electron chi connectivity index (χ1n) is 7.12. The molecule has 1 heterocycles. The summed E-state index contributed by atoms with van der Waals surface area (Å²) in [5.74, 6) is 0. The normalized spacial score (nSPS) is 16.9. The van der Waals surface area contributed by atoms with Crippen molar-refractivity contribution in [3.05, 3.63) is 36.0 Å². The third-order valence-corrected chi connectivity index (χ3v) is 4.30. The predicted molar refractivity (Wildman–Crippen MR) is 80.2 cm³/mol. The van der Waals surface area contributed by atoms with Crippen molar-refractivity contribution in [1.29, 1.82) is 0 Å². The van der Waals surface area contributed by atoms with Gasteiger partial charge in [-0.25, -0.2) is 0 Å². The van der Waals surface area contributed by atoms with Crippen molar-refractivity contribution in [2.24, 2.45) is 12.5 Å². The fourth-order valence-electron chi connectivity index (χ4n) is 3.00. The van der Waals surface area contributed by atoms with Crippen molar-refractivity contribution < 1.29 is 0 Å². The molecule has 2 N–H and O–H groups in total. The number of hydrogen-bond acceptors (Lipinski definition) is 2. The molecular weight excluding hydrogens is 234 g/mol. The maximum atomic E-state index is 3.64. The standard InChI is InChI=1S/C16H23N3/c1-17-11-16(7-8-16)12-18-9-13-10-19(2)15-6-4-3-5-14(13)15/h3-6,10,17-18H,7-9,11-12H2,1-2H3. The molecule has 0 bridgehead atoms. The molecule has 1 aliphatic carbocycles. The number of para-hydroxylation sites is 1. The van der Waals surface area contributed by atoms with Crippen LogP contribution in [0.5, 0.6) is 0 Å². The van der Waals surface area contributed by atoms with Gasteiger partial charge in [-0.15, -0.1) is 0 Å². The summed E-state index contributed by atoms with van der Waals surface area (Å²) >= 11 is 0. The Morgan fingerprint density at radius 3 is 2.74 bits per heavy atom. The third kappa shape index (κ3) is 2.53. The average molecular weight is 257 g/mol. The molecule has 3 rings (SSSR count). The van der Waals surface area contributed by atoms with Crippen molar-refractivity contribution in [1.82, 2.24) is 15.2 Å². The molecule has 3 nitrogen and oxygen atoms in total. The second kappa shape index (κ2) is 4.99. The van der Waals surface area contributed by atoms with Gasteiger partial charge in [-0.3, -0.25) is 0 Å². The summed E-state index contributed by atoms with van der Waals surface area (Å²) in [4.78, 5) is 0. The minimum absolute atomic E-state index is 0.527. The van der Waals surface area contributed by atoms with Crippen LogP contribution >= 0.6 is 0 Å². The highest BCUT2D eigenvalue weighted by Gasteiger charge is 2.41. The number of nitrogens with one attached hydrogen (secondary N) is 2. The van der Waals surface area contributed by atoms with E-state index in [4.69, 9.17) is 0 Å². The van der Waals surface area contributed by atoms with Gasteiger partial charge in [0.2, 0.25) is 0 Å². The van der Waals surface area contributed by atoms with Crippen molar-refractivity contribution in [2.75, 3.05) is 20.1 Å². The van der Waals surface area contributed by atoms with Crippen LogP contribution in [0.3, 0.4) is 0 Å². The Labute approximate surface area is 115 Å². The molecule has 102 valence electrons. The lowest BCUT2D eigenvalue weighted by Gasteiger charge is -2.15. The highest BCUT2D eigenvalue weighted by molar-refractivity contribution is 5.83. The van der Waals surface area contributed by atoms with Gasteiger partial charge in [0.1, 0.15) is 0 Å². The number of aromatic nitrogens is 1.